The van der Waals surface area contributed by atoms with Gasteiger partial charge in [-0.1, -0.05) is 30.8 Å². The van der Waals surface area contributed by atoms with E-state index in [4.69, 9.17) is 0 Å². The number of H-pyrrole nitrogens is 1. The fourth-order valence-electron chi connectivity index (χ4n) is 1.65. The molecule has 21 heavy (non-hydrogen) atoms. The van der Waals surface area contributed by atoms with Crippen LogP contribution >= 0.6 is 11.8 Å². The quantitative estimate of drug-likeness (QED) is 0.820. The number of nitrogens with one attached hydrogen (secondary N) is 1. The Morgan fingerprint density at radius 1 is 1.33 bits per heavy atom. The third-order valence-corrected chi connectivity index (χ3v) is 5.62. The Labute approximate surface area is 129 Å². The number of aryl methyl sites for hydroxylation is 1. The van der Waals surface area contributed by atoms with Crippen LogP contribution in [0.3, 0.4) is 0 Å². The van der Waals surface area contributed by atoms with Crippen molar-refractivity contribution in [2.24, 2.45) is 0 Å². The smallest absolute Gasteiger partial charge is 0.242 e. The van der Waals surface area contributed by atoms with Crippen LogP contribution in [0.5, 0.6) is 0 Å². The van der Waals surface area contributed by atoms with Crippen LogP contribution in [0.25, 0.3) is 0 Å². The molecule has 0 atom stereocenters. The summed E-state index contributed by atoms with van der Waals surface area (Å²) in [6.45, 7) is 2.00. The van der Waals surface area contributed by atoms with E-state index in [1.807, 2.05) is 13.0 Å². The van der Waals surface area contributed by atoms with E-state index >= 15 is 0 Å². The molecule has 0 aliphatic rings. The Balaban J connectivity index is 2.11. The van der Waals surface area contributed by atoms with Crippen molar-refractivity contribution in [2.75, 3.05) is 14.1 Å². The first kappa shape index (κ1) is 16.0. The first-order valence-corrected chi connectivity index (χ1v) is 8.91. The van der Waals surface area contributed by atoms with Crippen LogP contribution in [0.15, 0.2) is 34.3 Å². The van der Waals surface area contributed by atoms with Crippen LogP contribution in [0.4, 0.5) is 0 Å². The van der Waals surface area contributed by atoms with E-state index in [2.05, 4.69) is 15.2 Å². The molecule has 0 bridgehead atoms. The van der Waals surface area contributed by atoms with Gasteiger partial charge in [0.05, 0.1) is 4.90 Å². The van der Waals surface area contributed by atoms with Crippen LogP contribution < -0.4 is 0 Å². The largest absolute Gasteiger partial charge is 0.262 e. The zero-order valence-corrected chi connectivity index (χ0v) is 13.8. The topological polar surface area (TPSA) is 79.0 Å². The summed E-state index contributed by atoms with van der Waals surface area (Å²) in [5.74, 6) is 1.47. The molecule has 0 spiro atoms. The first-order valence-electron chi connectivity index (χ1n) is 6.49. The van der Waals surface area contributed by atoms with Crippen molar-refractivity contribution in [3.05, 3.63) is 35.7 Å². The number of aromatic amines is 1. The van der Waals surface area contributed by atoms with E-state index in [0.717, 1.165) is 17.8 Å². The minimum absolute atomic E-state index is 0.301. The van der Waals surface area contributed by atoms with Gasteiger partial charge < -0.3 is 0 Å². The highest BCUT2D eigenvalue weighted by atomic mass is 32.2. The second kappa shape index (κ2) is 6.59. The predicted octanol–water partition coefficient (Wildman–Crippen LogP) is 1.91. The fourth-order valence-corrected chi connectivity index (χ4v) is 3.39. The lowest BCUT2D eigenvalue weighted by Gasteiger charge is -2.12. The van der Waals surface area contributed by atoms with Crippen LogP contribution in [-0.4, -0.2) is 42.0 Å². The predicted molar refractivity (Wildman–Crippen MR) is 82.6 cm³/mol. The normalized spacial score (nSPS) is 12.0. The van der Waals surface area contributed by atoms with E-state index in [1.54, 1.807) is 18.2 Å². The zero-order chi connectivity index (χ0) is 15.5. The molecule has 2 rings (SSSR count). The standard InChI is InChI=1S/C13H18N4O2S2/c1-4-12-14-13(16-15-12)20-9-10-6-5-7-11(8-10)21(18,19)17(2)3/h5-8H,4,9H2,1-3H3,(H,14,15,16). The summed E-state index contributed by atoms with van der Waals surface area (Å²) in [5, 5.41) is 7.63. The summed E-state index contributed by atoms with van der Waals surface area (Å²) >= 11 is 1.48. The molecule has 114 valence electrons. The SMILES string of the molecule is CCc1nc(SCc2cccc(S(=O)(=O)N(C)C)c2)n[nH]1. The number of benzene rings is 1. The van der Waals surface area contributed by atoms with Crippen molar-refractivity contribution in [3.63, 3.8) is 0 Å². The molecule has 0 aliphatic carbocycles. The molecule has 0 saturated heterocycles. The number of rotatable bonds is 6. The van der Waals surface area contributed by atoms with Gasteiger partial charge in [-0.3, -0.25) is 5.10 Å². The molecule has 0 unspecified atom stereocenters. The van der Waals surface area contributed by atoms with Gasteiger partial charge in [0.15, 0.2) is 0 Å². The van der Waals surface area contributed by atoms with E-state index in [1.165, 1.54) is 30.2 Å². The van der Waals surface area contributed by atoms with Crippen molar-refractivity contribution in [1.82, 2.24) is 19.5 Å². The molecule has 1 aromatic carbocycles. The Bertz CT molecular complexity index is 710. The molecule has 0 radical (unpaired) electrons. The van der Waals surface area contributed by atoms with Gasteiger partial charge in [-0.05, 0) is 17.7 Å². The van der Waals surface area contributed by atoms with Crippen molar-refractivity contribution >= 4 is 21.8 Å². The van der Waals surface area contributed by atoms with Gasteiger partial charge in [0, 0.05) is 26.3 Å². The maximum atomic E-state index is 12.1. The van der Waals surface area contributed by atoms with Crippen LogP contribution in [0.2, 0.25) is 0 Å². The lowest BCUT2D eigenvalue weighted by molar-refractivity contribution is 0.520. The second-order valence-electron chi connectivity index (χ2n) is 4.64. The summed E-state index contributed by atoms with van der Waals surface area (Å²) in [4.78, 5) is 4.61. The molecular weight excluding hydrogens is 308 g/mol. The molecule has 0 saturated carbocycles. The number of sulfonamides is 1. The molecular formula is C13H18N4O2S2. The summed E-state index contributed by atoms with van der Waals surface area (Å²) in [5.41, 5.74) is 0.922. The summed E-state index contributed by atoms with van der Waals surface area (Å²) in [6, 6.07) is 6.94. The highest BCUT2D eigenvalue weighted by molar-refractivity contribution is 7.98. The number of aromatic nitrogens is 3. The van der Waals surface area contributed by atoms with Crippen LogP contribution in [-0.2, 0) is 22.2 Å². The van der Waals surface area contributed by atoms with Gasteiger partial charge in [-0.25, -0.2) is 17.7 Å². The lowest BCUT2D eigenvalue weighted by atomic mass is 10.2. The molecule has 0 fully saturated rings. The first-order chi connectivity index (χ1) is 9.93. The van der Waals surface area contributed by atoms with Crippen molar-refractivity contribution in [3.8, 4) is 0 Å². The van der Waals surface area contributed by atoms with Gasteiger partial charge in [-0.15, -0.1) is 5.10 Å². The van der Waals surface area contributed by atoms with E-state index in [9.17, 15) is 8.42 Å². The van der Waals surface area contributed by atoms with Gasteiger partial charge in [0.1, 0.15) is 5.82 Å². The third-order valence-electron chi connectivity index (χ3n) is 2.89. The number of thioether (sulfide) groups is 1. The number of hydrogen-bond acceptors (Lipinski definition) is 5. The Morgan fingerprint density at radius 2 is 2.10 bits per heavy atom. The number of nitrogens with zero attached hydrogens (tertiary/aromatic N) is 3. The van der Waals surface area contributed by atoms with Gasteiger partial charge in [0.25, 0.3) is 0 Å². The average Bonchev–Trinajstić information content (AvgIpc) is 2.93. The molecule has 0 amide bonds. The van der Waals surface area contributed by atoms with Crippen LogP contribution in [0.1, 0.15) is 18.3 Å². The van der Waals surface area contributed by atoms with Gasteiger partial charge >= 0.3 is 0 Å². The van der Waals surface area contributed by atoms with Crippen molar-refractivity contribution in [1.29, 1.82) is 0 Å². The minimum atomic E-state index is -3.40. The minimum Gasteiger partial charge on any atom is -0.262 e. The Morgan fingerprint density at radius 3 is 2.71 bits per heavy atom. The molecule has 2 aromatic rings. The van der Waals surface area contributed by atoms with Crippen LogP contribution in [0, 0.1) is 0 Å². The maximum Gasteiger partial charge on any atom is 0.242 e. The zero-order valence-electron chi connectivity index (χ0n) is 12.2. The maximum absolute atomic E-state index is 12.1. The summed E-state index contributed by atoms with van der Waals surface area (Å²) in [7, 11) is -0.347. The molecule has 8 heteroatoms. The third kappa shape index (κ3) is 3.84. The summed E-state index contributed by atoms with van der Waals surface area (Å²) < 4.78 is 25.4. The molecule has 0 aliphatic heterocycles. The molecule has 1 heterocycles. The lowest BCUT2D eigenvalue weighted by Crippen LogP contribution is -2.22. The average molecular weight is 326 g/mol. The fraction of sp³-hybridized carbons (Fsp3) is 0.385. The molecule has 1 aromatic heterocycles. The van der Waals surface area contributed by atoms with Crippen molar-refractivity contribution in [2.45, 2.75) is 29.1 Å². The second-order valence-corrected chi connectivity index (χ2v) is 7.74. The van der Waals surface area contributed by atoms with Gasteiger partial charge in [-0.2, -0.15) is 0 Å². The monoisotopic (exact) mass is 326 g/mol. The Hall–Kier alpha value is -1.38. The highest BCUT2D eigenvalue weighted by Crippen LogP contribution is 2.22. The van der Waals surface area contributed by atoms with Crippen molar-refractivity contribution < 1.29 is 8.42 Å². The molecule has 6 nitrogen and oxygen atoms in total. The molecule has 1 N–H and O–H groups in total. The Kier molecular flexibility index (Phi) is 5.02. The van der Waals surface area contributed by atoms with E-state index in [0.29, 0.717) is 15.8 Å². The highest BCUT2D eigenvalue weighted by Gasteiger charge is 2.17. The summed E-state index contributed by atoms with van der Waals surface area (Å²) in [6.07, 6.45) is 0.810. The van der Waals surface area contributed by atoms with Gasteiger partial charge in [0.2, 0.25) is 15.2 Å². The van der Waals surface area contributed by atoms with E-state index < -0.39 is 10.0 Å². The number of hydrogen-bond donors (Lipinski definition) is 1. The van der Waals surface area contributed by atoms with E-state index in [-0.39, 0.29) is 0 Å².